The molecule has 3 aromatic rings. The Kier molecular flexibility index (Phi) is 7.22. The first kappa shape index (κ1) is 28.9. The molecule has 7 rings (SSSR count). The number of aliphatic hydroxyl groups excluding tert-OH is 1. The molecule has 0 radical (unpaired) electrons. The van der Waals surface area contributed by atoms with Gasteiger partial charge in [0.05, 0.1) is 29.0 Å². The second-order valence-corrected chi connectivity index (χ2v) is 12.4. The van der Waals surface area contributed by atoms with Gasteiger partial charge in [-0.1, -0.05) is 20.3 Å². The second kappa shape index (κ2) is 11.0. The van der Waals surface area contributed by atoms with Crippen LogP contribution in [0.5, 0.6) is 5.75 Å². The predicted octanol–water partition coefficient (Wildman–Crippen LogP) is 3.58. The Morgan fingerprint density at radius 3 is 2.55 bits per heavy atom. The highest BCUT2D eigenvalue weighted by molar-refractivity contribution is 5.90. The number of ether oxygens (including phenoxy) is 2. The molecule has 4 aliphatic heterocycles. The normalized spacial score (nSPS) is 23.7. The summed E-state index contributed by atoms with van der Waals surface area (Å²) in [5.74, 6) is -0.552. The fourth-order valence-corrected chi connectivity index (χ4v) is 7.52. The van der Waals surface area contributed by atoms with Crippen molar-refractivity contribution in [2.75, 3.05) is 26.2 Å². The molecule has 2 N–H and O–H groups in total. The number of rotatable bonds is 4. The molecule has 232 valence electrons. The summed E-state index contributed by atoms with van der Waals surface area (Å²) in [5, 5.41) is 22.5. The van der Waals surface area contributed by atoms with Gasteiger partial charge in [0.25, 0.3) is 5.56 Å². The number of cyclic esters (lactones) is 1. The third-order valence-corrected chi connectivity index (χ3v) is 10.0. The van der Waals surface area contributed by atoms with Crippen LogP contribution in [-0.4, -0.2) is 73.8 Å². The average Bonchev–Trinajstić information content (AvgIpc) is 3.41. The van der Waals surface area contributed by atoms with E-state index in [0.29, 0.717) is 48.2 Å². The van der Waals surface area contributed by atoms with Gasteiger partial charge in [-0.3, -0.25) is 4.79 Å². The van der Waals surface area contributed by atoms with Gasteiger partial charge in [0.2, 0.25) is 6.29 Å². The van der Waals surface area contributed by atoms with Crippen LogP contribution >= 0.6 is 0 Å². The molecular formula is C33H38N4O7. The van der Waals surface area contributed by atoms with Crippen LogP contribution in [0.4, 0.5) is 4.79 Å². The minimum absolute atomic E-state index is 0.0232. The van der Waals surface area contributed by atoms with Crippen LogP contribution in [0.3, 0.4) is 0 Å². The monoisotopic (exact) mass is 611 g/mol. The first-order chi connectivity index (χ1) is 21.2. The maximum atomic E-state index is 13.6. The average molecular weight is 612 g/mol. The number of pyridine rings is 2. The Balaban J connectivity index is 1.18. The van der Waals surface area contributed by atoms with Crippen molar-refractivity contribution in [3.05, 3.63) is 56.9 Å². The number of piperidine rings is 2. The number of aromatic nitrogens is 2. The van der Waals surface area contributed by atoms with Gasteiger partial charge in [0.15, 0.2) is 5.60 Å². The number of esters is 1. The molecule has 6 heterocycles. The summed E-state index contributed by atoms with van der Waals surface area (Å²) in [4.78, 5) is 48.6. The van der Waals surface area contributed by atoms with Crippen LogP contribution in [0.2, 0.25) is 0 Å². The van der Waals surface area contributed by atoms with E-state index in [9.17, 15) is 24.6 Å². The molecule has 4 aliphatic rings. The number of benzene rings is 1. The van der Waals surface area contributed by atoms with Gasteiger partial charge in [-0.2, -0.15) is 0 Å². The number of aryl methyl sites for hydroxylation is 1. The van der Waals surface area contributed by atoms with Gasteiger partial charge in [-0.05, 0) is 81.4 Å². The minimum atomic E-state index is -2.04. The third-order valence-electron chi connectivity index (χ3n) is 10.0. The maximum absolute atomic E-state index is 13.6. The standard InChI is InChI=1S/C33H38N4O7/c1-3-21-22-16-20(43-32(41)36-14-10-19(11-15-36)35-12-6-5-7-13-35)8-9-25(22)34-28-23(21)18-37-26(28)17-24-27(29(37)38)30(39)44-31(40)33(24,42)4-2/h8-9,16-17,19,30,39,42H,3-7,10-15,18H2,1-2H3/t30?,33-/m0/s1/i1+1,3+1,8+1,9+1,16+1,20+1,21+1,22+1,25+1. The van der Waals surface area contributed by atoms with Crippen molar-refractivity contribution in [3.8, 4) is 17.1 Å². The van der Waals surface area contributed by atoms with E-state index in [0.717, 1.165) is 42.4 Å². The summed E-state index contributed by atoms with van der Waals surface area (Å²) < 4.78 is 12.3. The van der Waals surface area contributed by atoms with Crippen LogP contribution in [0.1, 0.15) is 80.9 Å². The number of likely N-dealkylation sites (tertiary alicyclic amines) is 2. The van der Waals surface area contributed by atoms with E-state index in [1.165, 1.54) is 23.8 Å². The Hall–Kier alpha value is -3.80. The number of fused-ring (bicyclic) bond motifs is 5. The van der Waals surface area contributed by atoms with Gasteiger partial charge in [0.1, 0.15) is 5.75 Å². The molecule has 1 unspecified atom stereocenters. The molecule has 1 amide bonds. The SMILES string of the molecule is CC[C@@]1(O)C(=O)OC(O)c2c1cc1n(c2=O)Cc2c-1n[13c]1[13cH][13cH][13c](OC(=O)N3CCC(N4CCCCC4)CC3)[13cH][13c]1[13c]2[13CH2][13CH3]. The van der Waals surface area contributed by atoms with E-state index in [1.54, 1.807) is 24.0 Å². The number of carbonyl (C=O) groups is 2. The number of carbonyl (C=O) groups excluding carboxylic acids is 2. The zero-order valence-corrected chi connectivity index (χ0v) is 25.2. The fraction of sp³-hybridized carbons (Fsp3) is 0.515. The molecule has 2 fully saturated rings. The molecule has 0 saturated carbocycles. The molecule has 1 aromatic carbocycles. The van der Waals surface area contributed by atoms with Crippen LogP contribution in [0.15, 0.2) is 29.1 Å². The quantitative estimate of drug-likeness (QED) is 0.262. The molecular weight excluding hydrogens is 573 g/mol. The largest absolute Gasteiger partial charge is 0.429 e. The topological polar surface area (TPSA) is 134 Å². The molecule has 0 aliphatic carbocycles. The van der Waals surface area contributed by atoms with E-state index >= 15 is 0 Å². The van der Waals surface area contributed by atoms with Crippen LogP contribution < -0.4 is 10.3 Å². The van der Waals surface area contributed by atoms with E-state index in [2.05, 4.69) is 4.90 Å². The number of aliphatic hydroxyl groups is 2. The first-order valence-electron chi connectivity index (χ1n) is 15.8. The van der Waals surface area contributed by atoms with Crippen LogP contribution in [0.25, 0.3) is 22.3 Å². The van der Waals surface area contributed by atoms with Crippen molar-refractivity contribution >= 4 is 23.0 Å². The summed E-state index contributed by atoms with van der Waals surface area (Å²) in [7, 11) is 0. The van der Waals surface area contributed by atoms with Gasteiger partial charge in [-0.25, -0.2) is 14.6 Å². The number of hydrogen-bond donors (Lipinski definition) is 2. The molecule has 2 atom stereocenters. The summed E-state index contributed by atoms with van der Waals surface area (Å²) in [5.41, 5.74) is 0.864. The van der Waals surface area contributed by atoms with Gasteiger partial charge in [-0.15, -0.1) is 0 Å². The number of nitrogens with zero attached hydrogens (tertiary/aromatic N) is 4. The number of amides is 1. The first-order valence-corrected chi connectivity index (χ1v) is 15.8. The summed E-state index contributed by atoms with van der Waals surface area (Å²) in [6, 6.07) is 7.50. The van der Waals surface area contributed by atoms with Gasteiger partial charge >= 0.3 is 12.1 Å². The highest BCUT2D eigenvalue weighted by atomic mass is 16.6. The van der Waals surface area contributed by atoms with Crippen molar-refractivity contribution in [3.63, 3.8) is 0 Å². The Labute approximate surface area is 255 Å². The van der Waals surface area contributed by atoms with Crippen molar-refractivity contribution < 1.29 is 29.3 Å². The molecule has 0 bridgehead atoms. The van der Waals surface area contributed by atoms with E-state index in [1.807, 2.05) is 19.1 Å². The summed E-state index contributed by atoms with van der Waals surface area (Å²) >= 11 is 0. The lowest BCUT2D eigenvalue weighted by molar-refractivity contribution is -0.199. The lowest BCUT2D eigenvalue weighted by Crippen LogP contribution is -2.48. The van der Waals surface area contributed by atoms with Crippen molar-refractivity contribution in [1.29, 1.82) is 0 Å². The zero-order chi connectivity index (χ0) is 30.7. The molecule has 11 nitrogen and oxygen atoms in total. The lowest BCUT2D eigenvalue weighted by atomic mass is 9.85. The summed E-state index contributed by atoms with van der Waals surface area (Å²) in [6.07, 6.45) is 4.24. The van der Waals surface area contributed by atoms with Crippen molar-refractivity contribution in [2.45, 2.75) is 83.3 Å². The van der Waals surface area contributed by atoms with Crippen LogP contribution in [-0.2, 0) is 28.1 Å². The predicted molar refractivity (Wildman–Crippen MR) is 161 cm³/mol. The Morgan fingerprint density at radius 2 is 1.84 bits per heavy atom. The highest BCUT2D eigenvalue weighted by Crippen LogP contribution is 2.42. The van der Waals surface area contributed by atoms with E-state index in [-0.39, 0.29) is 30.2 Å². The summed E-state index contributed by atoms with van der Waals surface area (Å²) in [6.45, 7) is 7.51. The second-order valence-electron chi connectivity index (χ2n) is 12.4. The third kappa shape index (κ3) is 4.52. The molecule has 11 heteroatoms. The van der Waals surface area contributed by atoms with E-state index < -0.39 is 23.4 Å². The Bertz CT molecular complexity index is 1720. The highest BCUT2D eigenvalue weighted by Gasteiger charge is 2.48. The van der Waals surface area contributed by atoms with Crippen LogP contribution in [0, 0.1) is 0 Å². The fourth-order valence-electron chi connectivity index (χ4n) is 7.52. The molecule has 44 heavy (non-hydrogen) atoms. The minimum Gasteiger partial charge on any atom is -0.429 e. The molecule has 2 saturated heterocycles. The van der Waals surface area contributed by atoms with Gasteiger partial charge < -0.3 is 34.1 Å². The van der Waals surface area contributed by atoms with E-state index in [4.69, 9.17) is 14.5 Å². The van der Waals surface area contributed by atoms with Gasteiger partial charge in [0, 0.05) is 35.6 Å². The smallest absolute Gasteiger partial charge is 0.415 e. The maximum Gasteiger partial charge on any atom is 0.415 e. The van der Waals surface area contributed by atoms with Crippen molar-refractivity contribution in [2.24, 2.45) is 0 Å². The van der Waals surface area contributed by atoms with Crippen molar-refractivity contribution in [1.82, 2.24) is 19.4 Å². The zero-order valence-electron chi connectivity index (χ0n) is 25.2. The molecule has 0 spiro atoms. The molecule has 2 aromatic heterocycles. The Morgan fingerprint density at radius 1 is 1.09 bits per heavy atom. The number of hydrogen-bond acceptors (Lipinski definition) is 9. The lowest BCUT2D eigenvalue weighted by Gasteiger charge is -2.39.